The third kappa shape index (κ3) is 3.02. The molecule has 0 saturated heterocycles. The number of hydrogen-bond acceptors (Lipinski definition) is 3. The highest BCUT2D eigenvalue weighted by Crippen LogP contribution is 2.50. The summed E-state index contributed by atoms with van der Waals surface area (Å²) in [5.74, 6) is 1.71. The zero-order valence-corrected chi connectivity index (χ0v) is 14.1. The maximum absolute atomic E-state index is 12.7. The van der Waals surface area contributed by atoms with Crippen LogP contribution in [-0.4, -0.2) is 25.7 Å². The number of amides is 1. The van der Waals surface area contributed by atoms with Gasteiger partial charge in [-0.05, 0) is 62.6 Å². The van der Waals surface area contributed by atoms with Crippen LogP contribution >= 0.6 is 0 Å². The lowest BCUT2D eigenvalue weighted by Gasteiger charge is -2.22. The molecule has 0 atom stereocenters. The third-order valence-corrected chi connectivity index (χ3v) is 5.40. The van der Waals surface area contributed by atoms with E-state index in [1.54, 1.807) is 0 Å². The molecule has 0 aromatic heterocycles. The van der Waals surface area contributed by atoms with E-state index in [9.17, 15) is 4.79 Å². The number of allylic oxidation sites excluding steroid dienone is 1. The molecule has 2 aliphatic carbocycles. The number of fused-ring (bicyclic) bond motifs is 1. The Morgan fingerprint density at radius 3 is 2.71 bits per heavy atom. The van der Waals surface area contributed by atoms with Crippen LogP contribution < -0.4 is 14.8 Å². The van der Waals surface area contributed by atoms with E-state index in [1.807, 2.05) is 18.2 Å². The van der Waals surface area contributed by atoms with E-state index in [2.05, 4.69) is 11.4 Å². The average Bonchev–Trinajstić information content (AvgIpc) is 3.44. The van der Waals surface area contributed by atoms with Gasteiger partial charge in [0.05, 0.1) is 5.41 Å². The fourth-order valence-corrected chi connectivity index (χ4v) is 3.75. The Labute approximate surface area is 143 Å². The molecule has 4 rings (SSSR count). The summed E-state index contributed by atoms with van der Waals surface area (Å²) >= 11 is 0. The quantitative estimate of drug-likeness (QED) is 0.842. The van der Waals surface area contributed by atoms with Gasteiger partial charge < -0.3 is 14.8 Å². The molecule has 1 fully saturated rings. The van der Waals surface area contributed by atoms with Crippen molar-refractivity contribution in [1.29, 1.82) is 0 Å². The van der Waals surface area contributed by atoms with Gasteiger partial charge in [-0.25, -0.2) is 0 Å². The van der Waals surface area contributed by atoms with Gasteiger partial charge in [0.1, 0.15) is 13.2 Å². The first-order chi connectivity index (χ1) is 11.8. The summed E-state index contributed by atoms with van der Waals surface area (Å²) in [6, 6.07) is 5.94. The molecule has 1 amide bonds. The number of hydrogen-bond donors (Lipinski definition) is 1. The number of rotatable bonds is 5. The highest BCUT2D eigenvalue weighted by molar-refractivity contribution is 5.91. The molecule has 3 aliphatic rings. The van der Waals surface area contributed by atoms with Crippen molar-refractivity contribution in [3.05, 3.63) is 35.4 Å². The van der Waals surface area contributed by atoms with Crippen molar-refractivity contribution in [2.24, 2.45) is 0 Å². The highest BCUT2D eigenvalue weighted by atomic mass is 16.6. The number of nitrogens with one attached hydrogen (secondary N) is 1. The van der Waals surface area contributed by atoms with Gasteiger partial charge in [0.15, 0.2) is 11.5 Å². The van der Waals surface area contributed by atoms with E-state index in [-0.39, 0.29) is 11.3 Å². The van der Waals surface area contributed by atoms with E-state index < -0.39 is 0 Å². The molecule has 0 bridgehead atoms. The monoisotopic (exact) mass is 327 g/mol. The van der Waals surface area contributed by atoms with Crippen molar-refractivity contribution in [2.75, 3.05) is 19.8 Å². The molecule has 0 spiro atoms. The summed E-state index contributed by atoms with van der Waals surface area (Å²) in [7, 11) is 0. The largest absolute Gasteiger partial charge is 0.486 e. The van der Waals surface area contributed by atoms with Crippen LogP contribution in [-0.2, 0) is 10.2 Å². The van der Waals surface area contributed by atoms with Crippen molar-refractivity contribution >= 4 is 5.91 Å². The van der Waals surface area contributed by atoms with Crippen molar-refractivity contribution < 1.29 is 14.3 Å². The summed E-state index contributed by atoms with van der Waals surface area (Å²) in [6.45, 7) is 1.91. The zero-order chi connectivity index (χ0) is 16.4. The first-order valence-electron chi connectivity index (χ1n) is 9.14. The van der Waals surface area contributed by atoms with E-state index >= 15 is 0 Å². The minimum atomic E-state index is -0.350. The van der Waals surface area contributed by atoms with Gasteiger partial charge in [0.25, 0.3) is 0 Å². The molecular weight excluding hydrogens is 302 g/mol. The number of ether oxygens (including phenoxy) is 2. The fraction of sp³-hybridized carbons (Fsp3) is 0.550. The molecule has 1 aromatic rings. The van der Waals surface area contributed by atoms with Crippen LogP contribution in [0.3, 0.4) is 0 Å². The molecule has 24 heavy (non-hydrogen) atoms. The Morgan fingerprint density at radius 2 is 1.96 bits per heavy atom. The second kappa shape index (κ2) is 6.50. The van der Waals surface area contributed by atoms with E-state index in [1.165, 1.54) is 31.3 Å². The molecular formula is C20H25NO3. The van der Waals surface area contributed by atoms with Gasteiger partial charge in [-0.2, -0.15) is 0 Å². The van der Waals surface area contributed by atoms with Crippen LogP contribution in [0.1, 0.15) is 50.5 Å². The SMILES string of the molecule is O=C(NCCC1=CCCCC1)C1(c2ccc3c(c2)OCCO3)CC1. The second-order valence-corrected chi connectivity index (χ2v) is 7.05. The van der Waals surface area contributed by atoms with Crippen LogP contribution in [0.5, 0.6) is 11.5 Å². The molecule has 1 saturated carbocycles. The molecule has 1 aliphatic heterocycles. The summed E-state index contributed by atoms with van der Waals surface area (Å²) in [5.41, 5.74) is 2.21. The maximum Gasteiger partial charge on any atom is 0.230 e. The second-order valence-electron chi connectivity index (χ2n) is 7.05. The third-order valence-electron chi connectivity index (χ3n) is 5.40. The smallest absolute Gasteiger partial charge is 0.230 e. The van der Waals surface area contributed by atoms with Gasteiger partial charge in [-0.1, -0.05) is 17.7 Å². The molecule has 0 unspecified atom stereocenters. The Morgan fingerprint density at radius 1 is 1.12 bits per heavy atom. The molecule has 4 nitrogen and oxygen atoms in total. The van der Waals surface area contributed by atoms with Gasteiger partial charge in [0, 0.05) is 6.54 Å². The lowest BCUT2D eigenvalue weighted by molar-refractivity contribution is -0.123. The van der Waals surface area contributed by atoms with Gasteiger partial charge >= 0.3 is 0 Å². The summed E-state index contributed by atoms with van der Waals surface area (Å²) in [6.07, 6.45) is 10.2. The molecule has 128 valence electrons. The lowest BCUT2D eigenvalue weighted by atomic mass is 9.94. The molecule has 1 aromatic carbocycles. The van der Waals surface area contributed by atoms with Crippen LogP contribution in [0.4, 0.5) is 0 Å². The Hall–Kier alpha value is -1.97. The fourth-order valence-electron chi connectivity index (χ4n) is 3.75. The Balaban J connectivity index is 1.39. The van der Waals surface area contributed by atoms with Crippen LogP contribution in [0, 0.1) is 0 Å². The molecule has 1 heterocycles. The van der Waals surface area contributed by atoms with Crippen LogP contribution in [0.15, 0.2) is 29.8 Å². The summed E-state index contributed by atoms with van der Waals surface area (Å²) in [4.78, 5) is 12.7. The number of carbonyl (C=O) groups is 1. The normalized spacial score (nSPS) is 20.9. The van der Waals surface area contributed by atoms with E-state index in [0.29, 0.717) is 13.2 Å². The minimum absolute atomic E-state index is 0.163. The van der Waals surface area contributed by atoms with Crippen molar-refractivity contribution in [1.82, 2.24) is 5.32 Å². The average molecular weight is 327 g/mol. The van der Waals surface area contributed by atoms with Gasteiger partial charge in [-0.3, -0.25) is 4.79 Å². The van der Waals surface area contributed by atoms with E-state index in [4.69, 9.17) is 9.47 Å². The standard InChI is InChI=1S/C20H25NO3/c22-19(21-11-8-15-4-2-1-3-5-15)20(9-10-20)16-6-7-17-18(14-16)24-13-12-23-17/h4,6-7,14H,1-3,5,8-13H2,(H,21,22). The Bertz CT molecular complexity index is 661. The van der Waals surface area contributed by atoms with Gasteiger partial charge in [-0.15, -0.1) is 0 Å². The molecule has 4 heteroatoms. The van der Waals surface area contributed by atoms with Gasteiger partial charge in [0.2, 0.25) is 5.91 Å². The predicted octanol–water partition coefficient (Wildman–Crippen LogP) is 3.50. The van der Waals surface area contributed by atoms with Crippen molar-refractivity contribution in [2.45, 2.75) is 50.4 Å². The maximum atomic E-state index is 12.7. The van der Waals surface area contributed by atoms with Crippen molar-refractivity contribution in [3.63, 3.8) is 0 Å². The predicted molar refractivity (Wildman–Crippen MR) is 92.5 cm³/mol. The zero-order valence-electron chi connectivity index (χ0n) is 14.1. The topological polar surface area (TPSA) is 47.6 Å². The first kappa shape index (κ1) is 15.6. The van der Waals surface area contributed by atoms with E-state index in [0.717, 1.165) is 42.9 Å². The number of carbonyl (C=O) groups excluding carboxylic acids is 1. The lowest BCUT2D eigenvalue weighted by Crippen LogP contribution is -2.35. The summed E-state index contributed by atoms with van der Waals surface area (Å²) < 4.78 is 11.2. The van der Waals surface area contributed by atoms with Crippen LogP contribution in [0.2, 0.25) is 0 Å². The van der Waals surface area contributed by atoms with Crippen molar-refractivity contribution in [3.8, 4) is 11.5 Å². The number of benzene rings is 1. The minimum Gasteiger partial charge on any atom is -0.486 e. The summed E-state index contributed by atoms with van der Waals surface area (Å²) in [5, 5.41) is 3.16. The first-order valence-corrected chi connectivity index (χ1v) is 9.14. The molecule has 1 N–H and O–H groups in total. The molecule has 0 radical (unpaired) electrons. The van der Waals surface area contributed by atoms with Crippen LogP contribution in [0.25, 0.3) is 0 Å². The highest BCUT2D eigenvalue weighted by Gasteiger charge is 2.51. The Kier molecular flexibility index (Phi) is 4.21.